The summed E-state index contributed by atoms with van der Waals surface area (Å²) in [7, 11) is 0. The highest BCUT2D eigenvalue weighted by atomic mass is 79.9. The average molecular weight is 402 g/mol. The lowest BCUT2D eigenvalue weighted by Crippen LogP contribution is -2.06. The first kappa shape index (κ1) is 15.8. The number of imidazole rings is 1. The van der Waals surface area contributed by atoms with Crippen LogP contribution in [0.3, 0.4) is 0 Å². The molecule has 2 aliphatic rings. The highest BCUT2D eigenvalue weighted by molar-refractivity contribution is 9.10. The molecule has 1 aromatic carbocycles. The number of rotatable bonds is 3. The van der Waals surface area contributed by atoms with Crippen LogP contribution in [0.2, 0.25) is 0 Å². The fourth-order valence-electron chi connectivity index (χ4n) is 2.41. The molecule has 0 N–H and O–H groups in total. The molecule has 0 atom stereocenters. The summed E-state index contributed by atoms with van der Waals surface area (Å²) in [6.07, 6.45) is 4.95. The van der Waals surface area contributed by atoms with E-state index in [1.54, 1.807) is 23.3 Å². The molecule has 0 spiro atoms. The maximum Gasteiger partial charge on any atom is 0.169 e. The number of nitrogens with zero attached hydrogens (tertiary/aromatic N) is 5. The predicted molar refractivity (Wildman–Crippen MR) is 90.8 cm³/mol. The summed E-state index contributed by atoms with van der Waals surface area (Å²) >= 11 is 3.34. The minimum absolute atomic E-state index is 0.0253. The van der Waals surface area contributed by atoms with E-state index in [2.05, 4.69) is 36.0 Å². The topological polar surface area (TPSA) is 56.5 Å². The molecule has 0 bridgehead atoms. The first-order chi connectivity index (χ1) is 12.1. The molecule has 2 aromatic rings. The van der Waals surface area contributed by atoms with E-state index in [1.165, 1.54) is 12.1 Å². The van der Waals surface area contributed by atoms with Gasteiger partial charge in [0, 0.05) is 10.7 Å². The fraction of sp³-hybridized carbons (Fsp3) is 0.0588. The largest absolute Gasteiger partial charge is 0.264 e. The van der Waals surface area contributed by atoms with E-state index in [4.69, 9.17) is 0 Å². The van der Waals surface area contributed by atoms with Crippen molar-refractivity contribution in [1.29, 1.82) is 0 Å². The molecule has 1 aromatic heterocycles. The Bertz CT molecular complexity index is 1020. The molecule has 124 valence electrons. The molecule has 4 rings (SSSR count). The van der Waals surface area contributed by atoms with Gasteiger partial charge in [-0.3, -0.25) is 9.67 Å². The van der Waals surface area contributed by atoms with Crippen molar-refractivity contribution >= 4 is 15.9 Å². The Morgan fingerprint density at radius 3 is 2.64 bits per heavy atom. The van der Waals surface area contributed by atoms with Crippen molar-refractivity contribution in [3.8, 4) is 22.8 Å². The summed E-state index contributed by atoms with van der Waals surface area (Å²) < 4.78 is 29.9. The maximum atomic E-state index is 13.9. The van der Waals surface area contributed by atoms with Gasteiger partial charge >= 0.3 is 0 Å². The zero-order chi connectivity index (χ0) is 17.4. The Balaban J connectivity index is 1.69. The average Bonchev–Trinajstić information content (AvgIpc) is 3.02. The van der Waals surface area contributed by atoms with Crippen LogP contribution in [0.25, 0.3) is 22.8 Å². The Labute approximate surface area is 149 Å². The quantitative estimate of drug-likeness (QED) is 0.521. The predicted octanol–water partition coefficient (Wildman–Crippen LogP) is 3.93. The first-order valence-corrected chi connectivity index (χ1v) is 8.14. The molecule has 25 heavy (non-hydrogen) atoms. The van der Waals surface area contributed by atoms with Crippen molar-refractivity contribution in [2.24, 2.45) is 0 Å². The SMILES string of the molecule is Fc1cccc(-c2nc3cnn(Cc4ccc(Br)cn4)cc-3n2)c1F. The van der Waals surface area contributed by atoms with Crippen molar-refractivity contribution in [3.05, 3.63) is 70.7 Å². The molecule has 0 saturated heterocycles. The van der Waals surface area contributed by atoms with Crippen LogP contribution < -0.4 is 0 Å². The second kappa shape index (κ2) is 6.29. The van der Waals surface area contributed by atoms with Gasteiger partial charge in [0.25, 0.3) is 0 Å². The molecule has 0 aliphatic carbocycles. The second-order valence-electron chi connectivity index (χ2n) is 5.36. The maximum absolute atomic E-state index is 13.9. The number of halogens is 3. The van der Waals surface area contributed by atoms with Crippen molar-refractivity contribution < 1.29 is 8.78 Å². The van der Waals surface area contributed by atoms with E-state index in [0.717, 1.165) is 16.2 Å². The smallest absolute Gasteiger partial charge is 0.169 e. The van der Waals surface area contributed by atoms with Gasteiger partial charge in [-0.25, -0.2) is 18.7 Å². The number of benzene rings is 1. The van der Waals surface area contributed by atoms with Crippen LogP contribution >= 0.6 is 15.9 Å². The zero-order valence-corrected chi connectivity index (χ0v) is 14.3. The number of hydrogen-bond acceptors (Lipinski definition) is 4. The van der Waals surface area contributed by atoms with E-state index >= 15 is 0 Å². The zero-order valence-electron chi connectivity index (χ0n) is 12.7. The summed E-state index contributed by atoms with van der Waals surface area (Å²) in [5.74, 6) is -1.76. The van der Waals surface area contributed by atoms with Gasteiger partial charge in [0.15, 0.2) is 17.5 Å². The lowest BCUT2D eigenvalue weighted by atomic mass is 10.2. The molecule has 2 aliphatic heterocycles. The fourth-order valence-corrected chi connectivity index (χ4v) is 2.64. The summed E-state index contributed by atoms with van der Waals surface area (Å²) in [6.45, 7) is 0.458. The highest BCUT2D eigenvalue weighted by Gasteiger charge is 2.18. The molecular weight excluding hydrogens is 392 g/mol. The normalized spacial score (nSPS) is 11.2. The minimum Gasteiger partial charge on any atom is -0.264 e. The third-order valence-corrected chi connectivity index (χ3v) is 4.09. The second-order valence-corrected chi connectivity index (χ2v) is 6.27. The summed E-state index contributed by atoms with van der Waals surface area (Å²) in [5, 5.41) is 4.27. The summed E-state index contributed by atoms with van der Waals surface area (Å²) in [4.78, 5) is 12.8. The van der Waals surface area contributed by atoms with Gasteiger partial charge < -0.3 is 0 Å². The lowest BCUT2D eigenvalue weighted by Gasteiger charge is -2.06. The molecule has 0 saturated carbocycles. The van der Waals surface area contributed by atoms with Gasteiger partial charge in [0.1, 0.15) is 11.4 Å². The van der Waals surface area contributed by atoms with Gasteiger partial charge in [-0.2, -0.15) is 5.10 Å². The van der Waals surface area contributed by atoms with Gasteiger partial charge in [-0.15, -0.1) is 0 Å². The van der Waals surface area contributed by atoms with Crippen LogP contribution in [0.5, 0.6) is 0 Å². The van der Waals surface area contributed by atoms with Crippen molar-refractivity contribution in [2.75, 3.05) is 0 Å². The Hall–Kier alpha value is -2.74. The molecule has 3 heterocycles. The van der Waals surface area contributed by atoms with Crippen LogP contribution in [0.15, 0.2) is 53.4 Å². The third-order valence-electron chi connectivity index (χ3n) is 3.62. The van der Waals surface area contributed by atoms with Gasteiger partial charge in [0.05, 0.1) is 30.2 Å². The number of aromatic nitrogens is 5. The molecule has 5 nitrogen and oxygen atoms in total. The number of pyridine rings is 1. The summed E-state index contributed by atoms with van der Waals surface area (Å²) in [5.41, 5.74) is 1.91. The number of fused-ring (bicyclic) bond motifs is 1. The van der Waals surface area contributed by atoms with Gasteiger partial charge in [-0.1, -0.05) is 6.07 Å². The molecule has 0 fully saturated rings. The Morgan fingerprint density at radius 1 is 1.00 bits per heavy atom. The van der Waals surface area contributed by atoms with Gasteiger partial charge in [-0.05, 0) is 40.2 Å². The highest BCUT2D eigenvalue weighted by Crippen LogP contribution is 2.26. The minimum atomic E-state index is -0.960. The van der Waals surface area contributed by atoms with Crippen molar-refractivity contribution in [1.82, 2.24) is 24.7 Å². The Morgan fingerprint density at radius 2 is 1.84 bits per heavy atom. The standard InChI is InChI=1S/C17H10BrF2N5/c18-10-4-5-11(21-6-10)8-25-9-15-14(7-22-25)23-17(24-15)12-2-1-3-13(19)16(12)20/h1-7,9H,8H2. The Kier molecular flexibility index (Phi) is 3.96. The number of hydrogen-bond donors (Lipinski definition) is 0. The van der Waals surface area contributed by atoms with Crippen molar-refractivity contribution in [2.45, 2.75) is 6.54 Å². The van der Waals surface area contributed by atoms with E-state index in [1.807, 2.05) is 12.1 Å². The van der Waals surface area contributed by atoms with E-state index in [-0.39, 0.29) is 11.4 Å². The van der Waals surface area contributed by atoms with E-state index in [0.29, 0.717) is 17.9 Å². The van der Waals surface area contributed by atoms with Crippen LogP contribution in [-0.4, -0.2) is 24.7 Å². The van der Waals surface area contributed by atoms with Gasteiger partial charge in [0.2, 0.25) is 0 Å². The first-order valence-electron chi connectivity index (χ1n) is 7.35. The molecule has 0 amide bonds. The lowest BCUT2D eigenvalue weighted by molar-refractivity contribution is 0.510. The van der Waals surface area contributed by atoms with Crippen LogP contribution in [-0.2, 0) is 6.54 Å². The van der Waals surface area contributed by atoms with Crippen molar-refractivity contribution in [3.63, 3.8) is 0 Å². The monoisotopic (exact) mass is 401 g/mol. The summed E-state index contributed by atoms with van der Waals surface area (Å²) in [6, 6.07) is 7.70. The third kappa shape index (κ3) is 3.12. The molecule has 0 radical (unpaired) electrons. The van der Waals surface area contributed by atoms with E-state index in [9.17, 15) is 8.78 Å². The van der Waals surface area contributed by atoms with Crippen LogP contribution in [0.4, 0.5) is 8.78 Å². The molecular formula is C17H10BrF2N5. The molecule has 8 heteroatoms. The molecule has 0 unspecified atom stereocenters. The van der Waals surface area contributed by atoms with E-state index < -0.39 is 11.6 Å². The van der Waals surface area contributed by atoms with Crippen LogP contribution in [0.1, 0.15) is 5.69 Å². The van der Waals surface area contributed by atoms with Crippen LogP contribution in [0, 0.1) is 11.6 Å².